The van der Waals surface area contributed by atoms with Crippen molar-refractivity contribution in [3.63, 3.8) is 0 Å². The molecular weight excluding hydrogens is 576 g/mol. The number of carboxylic acid groups (broad SMARTS) is 1. The fourth-order valence-corrected chi connectivity index (χ4v) is 5.63. The van der Waals surface area contributed by atoms with E-state index in [4.69, 9.17) is 9.47 Å². The van der Waals surface area contributed by atoms with E-state index < -0.39 is 29.1 Å². The van der Waals surface area contributed by atoms with Gasteiger partial charge in [-0.25, -0.2) is 9.59 Å². The van der Waals surface area contributed by atoms with Crippen LogP contribution in [-0.2, 0) is 30.9 Å². The van der Waals surface area contributed by atoms with E-state index >= 15 is 0 Å². The molecule has 3 amide bonds. The van der Waals surface area contributed by atoms with Gasteiger partial charge in [-0.05, 0) is 69.0 Å². The number of amides is 3. The van der Waals surface area contributed by atoms with Crippen LogP contribution < -0.4 is 15.5 Å². The molecule has 0 radical (unpaired) electrons. The summed E-state index contributed by atoms with van der Waals surface area (Å²) >= 11 is 0. The lowest BCUT2D eigenvalue weighted by Crippen LogP contribution is -2.54. The van der Waals surface area contributed by atoms with Crippen LogP contribution in [0.1, 0.15) is 68.9 Å². The fourth-order valence-electron chi connectivity index (χ4n) is 5.63. The number of nitrogens with one attached hydrogen (secondary N) is 2. The highest BCUT2D eigenvalue weighted by molar-refractivity contribution is 5.95. The fraction of sp³-hybridized carbons (Fsp3) is 0.529. The SMILES string of the molecule is CC(C)(C)OC(=O)N[C@@H](Cc1ccc(N2CCN(C3CCOCC3)CC2=O)cc1)C(=O)NCC(C)(C)c1ccc(C(=O)O)cc1. The maximum atomic E-state index is 13.5. The average molecular weight is 623 g/mol. The smallest absolute Gasteiger partial charge is 0.408 e. The van der Waals surface area contributed by atoms with Crippen LogP contribution >= 0.6 is 0 Å². The highest BCUT2D eigenvalue weighted by atomic mass is 16.6. The summed E-state index contributed by atoms with van der Waals surface area (Å²) in [4.78, 5) is 54.5. The summed E-state index contributed by atoms with van der Waals surface area (Å²) < 4.78 is 10.9. The number of benzene rings is 2. The summed E-state index contributed by atoms with van der Waals surface area (Å²) in [5.41, 5.74) is 1.42. The number of anilines is 1. The average Bonchev–Trinajstić information content (AvgIpc) is 2.99. The summed E-state index contributed by atoms with van der Waals surface area (Å²) in [5, 5.41) is 14.9. The van der Waals surface area contributed by atoms with Crippen molar-refractivity contribution >= 4 is 29.6 Å². The summed E-state index contributed by atoms with van der Waals surface area (Å²) in [6.45, 7) is 12.7. The van der Waals surface area contributed by atoms with E-state index in [1.165, 1.54) is 12.1 Å². The van der Waals surface area contributed by atoms with E-state index in [2.05, 4.69) is 15.5 Å². The molecule has 45 heavy (non-hydrogen) atoms. The van der Waals surface area contributed by atoms with E-state index in [-0.39, 0.29) is 30.3 Å². The van der Waals surface area contributed by atoms with Gasteiger partial charge in [-0.1, -0.05) is 38.1 Å². The Labute approximate surface area is 265 Å². The second kappa shape index (κ2) is 14.4. The quantitative estimate of drug-likeness (QED) is 0.365. The number of carbonyl (C=O) groups is 4. The number of aromatic carboxylic acids is 1. The Kier molecular flexibility index (Phi) is 10.9. The lowest BCUT2D eigenvalue weighted by atomic mass is 9.84. The van der Waals surface area contributed by atoms with E-state index in [9.17, 15) is 24.3 Å². The van der Waals surface area contributed by atoms with Crippen molar-refractivity contribution in [2.45, 2.75) is 77.0 Å². The van der Waals surface area contributed by atoms with Gasteiger partial charge in [0.15, 0.2) is 0 Å². The van der Waals surface area contributed by atoms with Gasteiger partial charge >= 0.3 is 12.1 Å². The zero-order valence-corrected chi connectivity index (χ0v) is 26.9. The molecule has 0 aromatic heterocycles. The van der Waals surface area contributed by atoms with Gasteiger partial charge in [0.1, 0.15) is 11.6 Å². The van der Waals surface area contributed by atoms with Crippen LogP contribution in [0.25, 0.3) is 0 Å². The van der Waals surface area contributed by atoms with Gasteiger partial charge in [0.05, 0.1) is 12.1 Å². The molecule has 2 fully saturated rings. The second-order valence-electron chi connectivity index (χ2n) is 13.4. The molecule has 2 heterocycles. The number of ether oxygens (including phenoxy) is 2. The van der Waals surface area contributed by atoms with E-state index in [1.807, 2.05) is 38.1 Å². The number of piperazine rings is 1. The standard InChI is InChI=1S/C34H46N4O7/c1-33(2,3)45-32(43)36-28(30(40)35-22-34(4,5)25-10-8-24(9-11-25)31(41)42)20-23-6-12-27(13-7-23)38-17-16-37(21-29(38)39)26-14-18-44-19-15-26/h6-13,26,28H,14-22H2,1-5H3,(H,35,40)(H,36,43)(H,41,42)/t28-/m0/s1. The van der Waals surface area contributed by atoms with Crippen molar-refractivity contribution in [2.75, 3.05) is 44.3 Å². The maximum absolute atomic E-state index is 13.5. The van der Waals surface area contributed by atoms with Crippen molar-refractivity contribution in [3.05, 3.63) is 65.2 Å². The number of hydrogen-bond donors (Lipinski definition) is 3. The molecule has 11 heteroatoms. The molecule has 4 rings (SSSR count). The molecule has 0 saturated carbocycles. The molecule has 11 nitrogen and oxygen atoms in total. The first-order valence-electron chi connectivity index (χ1n) is 15.5. The van der Waals surface area contributed by atoms with Crippen molar-refractivity contribution < 1.29 is 33.8 Å². The Hall–Kier alpha value is -3.96. The number of rotatable bonds is 10. The minimum atomic E-state index is -1.00. The normalized spacial score (nSPS) is 17.4. The highest BCUT2D eigenvalue weighted by Crippen LogP contribution is 2.24. The lowest BCUT2D eigenvalue weighted by Gasteiger charge is -2.40. The van der Waals surface area contributed by atoms with Gasteiger partial charge in [-0.3, -0.25) is 14.5 Å². The van der Waals surface area contributed by atoms with E-state index in [1.54, 1.807) is 37.8 Å². The second-order valence-corrected chi connectivity index (χ2v) is 13.4. The molecule has 1 atom stereocenters. The maximum Gasteiger partial charge on any atom is 0.408 e. The van der Waals surface area contributed by atoms with E-state index in [0.29, 0.717) is 19.1 Å². The summed E-state index contributed by atoms with van der Waals surface area (Å²) in [6.07, 6.45) is 1.41. The van der Waals surface area contributed by atoms with E-state index in [0.717, 1.165) is 49.4 Å². The number of carboxylic acids is 1. The number of nitrogens with zero attached hydrogens (tertiary/aromatic N) is 2. The van der Waals surface area contributed by atoms with Crippen LogP contribution in [-0.4, -0.2) is 91.0 Å². The molecule has 2 saturated heterocycles. The topological polar surface area (TPSA) is 138 Å². The summed E-state index contributed by atoms with van der Waals surface area (Å²) in [5.74, 6) is -1.32. The number of carbonyl (C=O) groups excluding carboxylic acids is 3. The molecule has 2 aliphatic heterocycles. The van der Waals surface area contributed by atoms with Crippen molar-refractivity contribution in [3.8, 4) is 0 Å². The van der Waals surface area contributed by atoms with Gasteiger partial charge in [0, 0.05) is 56.4 Å². The van der Waals surface area contributed by atoms with Crippen molar-refractivity contribution in [2.24, 2.45) is 0 Å². The van der Waals surface area contributed by atoms with Gasteiger partial charge in [0.25, 0.3) is 0 Å². The molecule has 2 aromatic carbocycles. The molecule has 0 bridgehead atoms. The molecule has 244 valence electrons. The first kappa shape index (κ1) is 33.9. The van der Waals surface area contributed by atoms with Gasteiger partial charge in [0.2, 0.25) is 11.8 Å². The van der Waals surface area contributed by atoms with Crippen molar-refractivity contribution in [1.82, 2.24) is 15.5 Å². The Balaban J connectivity index is 1.41. The summed E-state index contributed by atoms with van der Waals surface area (Å²) in [7, 11) is 0. The summed E-state index contributed by atoms with van der Waals surface area (Å²) in [6, 6.07) is 13.5. The minimum Gasteiger partial charge on any atom is -0.478 e. The Morgan fingerprint density at radius 1 is 0.978 bits per heavy atom. The number of hydrogen-bond acceptors (Lipinski definition) is 7. The minimum absolute atomic E-state index is 0.0598. The molecule has 0 unspecified atom stereocenters. The first-order valence-corrected chi connectivity index (χ1v) is 15.5. The highest BCUT2D eigenvalue weighted by Gasteiger charge is 2.31. The molecule has 2 aliphatic rings. The predicted octanol–water partition coefficient (Wildman–Crippen LogP) is 3.74. The number of alkyl carbamates (subject to hydrolysis) is 1. The first-order chi connectivity index (χ1) is 21.2. The third-order valence-corrected chi connectivity index (χ3v) is 8.27. The van der Waals surface area contributed by atoms with Crippen LogP contribution in [0.15, 0.2) is 48.5 Å². The molecular formula is C34H46N4O7. The van der Waals surface area contributed by atoms with Crippen LogP contribution in [0.2, 0.25) is 0 Å². The Bertz CT molecular complexity index is 1350. The molecule has 0 aliphatic carbocycles. The van der Waals surface area contributed by atoms with Crippen molar-refractivity contribution in [1.29, 1.82) is 0 Å². The van der Waals surface area contributed by atoms with Gasteiger partial charge < -0.3 is 30.1 Å². The van der Waals surface area contributed by atoms with Gasteiger partial charge in [-0.2, -0.15) is 0 Å². The lowest BCUT2D eigenvalue weighted by molar-refractivity contribution is -0.123. The predicted molar refractivity (Wildman–Crippen MR) is 171 cm³/mol. The monoisotopic (exact) mass is 622 g/mol. The van der Waals surface area contributed by atoms with Crippen LogP contribution in [0.4, 0.5) is 10.5 Å². The molecule has 2 aromatic rings. The Morgan fingerprint density at radius 2 is 1.62 bits per heavy atom. The Morgan fingerprint density at radius 3 is 2.20 bits per heavy atom. The third-order valence-electron chi connectivity index (χ3n) is 8.27. The third kappa shape index (κ3) is 9.51. The largest absolute Gasteiger partial charge is 0.478 e. The molecule has 3 N–H and O–H groups in total. The zero-order chi connectivity index (χ0) is 32.8. The van der Waals surface area contributed by atoms with Gasteiger partial charge in [-0.15, -0.1) is 0 Å². The van der Waals surface area contributed by atoms with Crippen LogP contribution in [0.3, 0.4) is 0 Å². The zero-order valence-electron chi connectivity index (χ0n) is 26.9. The van der Waals surface area contributed by atoms with Crippen LogP contribution in [0, 0.1) is 0 Å². The van der Waals surface area contributed by atoms with Crippen LogP contribution in [0.5, 0.6) is 0 Å². The molecule has 0 spiro atoms.